The van der Waals surface area contributed by atoms with Crippen LogP contribution in [-0.2, 0) is 11.2 Å². The van der Waals surface area contributed by atoms with Gasteiger partial charge in [0.25, 0.3) is 11.8 Å². The Morgan fingerprint density at radius 1 is 1.00 bits per heavy atom. The number of hydrogen-bond donors (Lipinski definition) is 3. The minimum Gasteiger partial charge on any atom is -0.508 e. The highest BCUT2D eigenvalue weighted by molar-refractivity contribution is 6.32. The molecule has 2 amide bonds. The minimum atomic E-state index is -0.433. The number of halogens is 1. The molecule has 3 N–H and O–H groups in total. The number of hydrogen-bond acceptors (Lipinski definition) is 3. The van der Waals surface area contributed by atoms with Gasteiger partial charge >= 0.3 is 0 Å². The fourth-order valence-electron chi connectivity index (χ4n) is 3.08. The summed E-state index contributed by atoms with van der Waals surface area (Å²) >= 11 is 6.24. The molecule has 0 saturated carbocycles. The zero-order valence-corrected chi connectivity index (χ0v) is 17.8. The van der Waals surface area contributed by atoms with E-state index in [4.69, 9.17) is 11.6 Å². The maximum atomic E-state index is 13.0. The Labute approximate surface area is 186 Å². The van der Waals surface area contributed by atoms with Gasteiger partial charge in [0.15, 0.2) is 0 Å². The van der Waals surface area contributed by atoms with Gasteiger partial charge in [0, 0.05) is 16.6 Å². The molecular weight excluding hydrogens is 412 g/mol. The minimum absolute atomic E-state index is 0.0877. The van der Waals surface area contributed by atoms with Crippen molar-refractivity contribution in [2.45, 2.75) is 19.4 Å². The lowest BCUT2D eigenvalue weighted by molar-refractivity contribution is -0.118. The maximum Gasteiger partial charge on any atom is 0.268 e. The summed E-state index contributed by atoms with van der Waals surface area (Å²) in [5, 5.41) is 15.7. The summed E-state index contributed by atoms with van der Waals surface area (Å²) in [6.45, 7) is 1.86. The highest BCUT2D eigenvalue weighted by atomic mass is 35.5. The zero-order valence-electron chi connectivity index (χ0n) is 17.0. The van der Waals surface area contributed by atoms with E-state index in [9.17, 15) is 14.7 Å². The van der Waals surface area contributed by atoms with E-state index >= 15 is 0 Å². The second kappa shape index (κ2) is 10.5. The first-order valence-electron chi connectivity index (χ1n) is 9.84. The maximum absolute atomic E-state index is 13.0. The van der Waals surface area contributed by atoms with Crippen molar-refractivity contribution >= 4 is 29.5 Å². The van der Waals surface area contributed by atoms with Crippen molar-refractivity contribution in [1.29, 1.82) is 0 Å². The van der Waals surface area contributed by atoms with Crippen LogP contribution >= 0.6 is 11.6 Å². The van der Waals surface area contributed by atoms with Gasteiger partial charge in [-0.3, -0.25) is 9.59 Å². The van der Waals surface area contributed by atoms with Gasteiger partial charge in [0.1, 0.15) is 11.4 Å². The molecule has 0 aliphatic carbocycles. The van der Waals surface area contributed by atoms with Crippen molar-refractivity contribution in [2.75, 3.05) is 0 Å². The molecule has 6 heteroatoms. The van der Waals surface area contributed by atoms with Crippen molar-refractivity contribution in [3.63, 3.8) is 0 Å². The van der Waals surface area contributed by atoms with Crippen molar-refractivity contribution in [3.8, 4) is 5.75 Å². The van der Waals surface area contributed by atoms with E-state index in [2.05, 4.69) is 10.6 Å². The molecule has 158 valence electrons. The average molecular weight is 435 g/mol. The van der Waals surface area contributed by atoms with Crippen LogP contribution in [0.5, 0.6) is 5.75 Å². The summed E-state index contributed by atoms with van der Waals surface area (Å²) in [6, 6.07) is 22.4. The van der Waals surface area contributed by atoms with Gasteiger partial charge in [-0.15, -0.1) is 0 Å². The smallest absolute Gasteiger partial charge is 0.268 e. The lowest BCUT2D eigenvalue weighted by Gasteiger charge is -2.17. The van der Waals surface area contributed by atoms with Gasteiger partial charge in [-0.1, -0.05) is 60.1 Å². The third-order valence-corrected chi connectivity index (χ3v) is 4.91. The fourth-order valence-corrected chi connectivity index (χ4v) is 3.27. The topological polar surface area (TPSA) is 78.4 Å². The Morgan fingerprint density at radius 3 is 2.42 bits per heavy atom. The summed E-state index contributed by atoms with van der Waals surface area (Å²) in [5.74, 6) is -0.656. The van der Waals surface area contributed by atoms with E-state index in [1.54, 1.807) is 72.8 Å². The van der Waals surface area contributed by atoms with Gasteiger partial charge in [-0.2, -0.15) is 0 Å². The van der Waals surface area contributed by atoms with Crippen molar-refractivity contribution in [1.82, 2.24) is 10.6 Å². The van der Waals surface area contributed by atoms with E-state index in [0.717, 1.165) is 5.56 Å². The van der Waals surface area contributed by atoms with Crippen LogP contribution in [0.1, 0.15) is 28.4 Å². The second-order valence-electron chi connectivity index (χ2n) is 7.15. The fraction of sp³-hybridized carbons (Fsp3) is 0.120. The van der Waals surface area contributed by atoms with E-state index < -0.39 is 11.8 Å². The third-order valence-electron chi connectivity index (χ3n) is 4.56. The Bertz CT molecular complexity index is 1100. The standard InChI is InChI=1S/C25H23ClN2O3/c1-17(14-18-8-7-12-21(29)15-18)27-25(31)23(16-20-11-5-6-13-22(20)26)28-24(30)19-9-3-2-4-10-19/h2-13,15-17,29H,14H2,1H3,(H,27,31)(H,28,30)/b23-16-. The molecule has 0 aliphatic heterocycles. The molecule has 5 nitrogen and oxygen atoms in total. The molecule has 0 fully saturated rings. The predicted molar refractivity (Wildman–Crippen MR) is 123 cm³/mol. The Hall–Kier alpha value is -3.57. The van der Waals surface area contributed by atoms with Crippen LogP contribution in [-0.4, -0.2) is 23.0 Å². The molecule has 3 aromatic carbocycles. The quantitative estimate of drug-likeness (QED) is 0.477. The van der Waals surface area contributed by atoms with Crippen LogP contribution in [0.3, 0.4) is 0 Å². The second-order valence-corrected chi connectivity index (χ2v) is 7.56. The van der Waals surface area contributed by atoms with Gasteiger partial charge < -0.3 is 15.7 Å². The third kappa shape index (κ3) is 6.46. The van der Waals surface area contributed by atoms with Crippen LogP contribution in [0.2, 0.25) is 5.02 Å². The first kappa shape index (κ1) is 22.1. The zero-order chi connectivity index (χ0) is 22.2. The molecular formula is C25H23ClN2O3. The van der Waals surface area contributed by atoms with Gasteiger partial charge in [-0.25, -0.2) is 0 Å². The lowest BCUT2D eigenvalue weighted by atomic mass is 10.1. The largest absolute Gasteiger partial charge is 0.508 e. The molecule has 0 aromatic heterocycles. The molecule has 3 aromatic rings. The number of carbonyl (C=O) groups is 2. The van der Waals surface area contributed by atoms with Gasteiger partial charge in [-0.05, 0) is 60.9 Å². The van der Waals surface area contributed by atoms with E-state index in [-0.39, 0.29) is 17.5 Å². The monoisotopic (exact) mass is 434 g/mol. The molecule has 1 atom stereocenters. The van der Waals surface area contributed by atoms with Crippen LogP contribution in [0.25, 0.3) is 6.08 Å². The Kier molecular flexibility index (Phi) is 7.46. The molecule has 31 heavy (non-hydrogen) atoms. The van der Waals surface area contributed by atoms with Crippen LogP contribution in [0.15, 0.2) is 84.6 Å². The number of benzene rings is 3. The summed E-state index contributed by atoms with van der Waals surface area (Å²) in [7, 11) is 0. The van der Waals surface area contributed by atoms with Crippen molar-refractivity contribution < 1.29 is 14.7 Å². The van der Waals surface area contributed by atoms with Gasteiger partial charge in [0.2, 0.25) is 0 Å². The van der Waals surface area contributed by atoms with Crippen LogP contribution in [0.4, 0.5) is 0 Å². The van der Waals surface area contributed by atoms with E-state index in [1.165, 1.54) is 0 Å². The highest BCUT2D eigenvalue weighted by Crippen LogP contribution is 2.18. The summed E-state index contributed by atoms with van der Waals surface area (Å²) < 4.78 is 0. The van der Waals surface area contributed by atoms with E-state index in [0.29, 0.717) is 22.6 Å². The molecule has 1 unspecified atom stereocenters. The number of amides is 2. The van der Waals surface area contributed by atoms with E-state index in [1.807, 2.05) is 19.1 Å². The summed E-state index contributed by atoms with van der Waals surface area (Å²) in [6.07, 6.45) is 2.08. The first-order chi connectivity index (χ1) is 14.9. The number of phenolic OH excluding ortho intramolecular Hbond substituents is 1. The lowest BCUT2D eigenvalue weighted by Crippen LogP contribution is -2.40. The van der Waals surface area contributed by atoms with Crippen LogP contribution < -0.4 is 10.6 Å². The molecule has 0 spiro atoms. The van der Waals surface area contributed by atoms with Crippen molar-refractivity contribution in [2.24, 2.45) is 0 Å². The molecule has 0 saturated heterocycles. The Balaban J connectivity index is 1.80. The summed E-state index contributed by atoms with van der Waals surface area (Å²) in [4.78, 5) is 25.7. The summed E-state index contributed by atoms with van der Waals surface area (Å²) in [5.41, 5.74) is 2.03. The molecule has 0 aliphatic rings. The van der Waals surface area contributed by atoms with Gasteiger partial charge in [0.05, 0.1) is 0 Å². The SMILES string of the molecule is CC(Cc1cccc(O)c1)NC(=O)/C(=C/c1ccccc1Cl)NC(=O)c1ccccc1. The number of aromatic hydroxyl groups is 1. The Morgan fingerprint density at radius 2 is 1.71 bits per heavy atom. The normalized spacial score (nSPS) is 12.1. The number of nitrogens with one attached hydrogen (secondary N) is 2. The first-order valence-corrected chi connectivity index (χ1v) is 10.2. The average Bonchev–Trinajstić information content (AvgIpc) is 2.75. The molecule has 0 bridgehead atoms. The highest BCUT2D eigenvalue weighted by Gasteiger charge is 2.17. The van der Waals surface area contributed by atoms with Crippen LogP contribution in [0, 0.1) is 0 Å². The molecule has 3 rings (SSSR count). The molecule has 0 radical (unpaired) electrons. The predicted octanol–water partition coefficient (Wildman–Crippen LogP) is 4.56. The van der Waals surface area contributed by atoms with Crippen molar-refractivity contribution in [3.05, 3.63) is 106 Å². The number of rotatable bonds is 7. The number of phenols is 1. The number of carbonyl (C=O) groups excluding carboxylic acids is 2. The molecule has 0 heterocycles.